The topological polar surface area (TPSA) is 59.8 Å². The lowest BCUT2D eigenvalue weighted by Gasteiger charge is -2.11. The van der Waals surface area contributed by atoms with Crippen LogP contribution in [0, 0.1) is 6.92 Å². The van der Waals surface area contributed by atoms with Crippen LogP contribution in [0.2, 0.25) is 0 Å². The third-order valence-corrected chi connectivity index (χ3v) is 4.40. The minimum absolute atomic E-state index is 0.0336. The molecule has 0 saturated heterocycles. The van der Waals surface area contributed by atoms with Crippen molar-refractivity contribution in [1.29, 1.82) is 0 Å². The van der Waals surface area contributed by atoms with Crippen molar-refractivity contribution in [2.75, 3.05) is 5.75 Å². The van der Waals surface area contributed by atoms with E-state index in [9.17, 15) is 4.79 Å². The second kappa shape index (κ2) is 7.98. The molecule has 0 radical (unpaired) electrons. The Labute approximate surface area is 135 Å². The number of amides is 1. The van der Waals surface area contributed by atoms with E-state index < -0.39 is 0 Å². The predicted octanol–water partition coefficient (Wildman–Crippen LogP) is 2.64. The SMILES string of the molecule is CCC(C)NC(=O)CSc1nnc(C)n1Cc1ccccc1. The third kappa shape index (κ3) is 4.59. The third-order valence-electron chi connectivity index (χ3n) is 3.44. The summed E-state index contributed by atoms with van der Waals surface area (Å²) in [6.45, 7) is 6.71. The van der Waals surface area contributed by atoms with Crippen molar-refractivity contribution < 1.29 is 4.79 Å². The molecule has 0 aliphatic carbocycles. The molecule has 0 bridgehead atoms. The molecule has 0 saturated carbocycles. The van der Waals surface area contributed by atoms with Crippen molar-refractivity contribution in [3.63, 3.8) is 0 Å². The number of hydrogen-bond acceptors (Lipinski definition) is 4. The van der Waals surface area contributed by atoms with Gasteiger partial charge in [-0.2, -0.15) is 0 Å². The quantitative estimate of drug-likeness (QED) is 0.797. The predicted molar refractivity (Wildman–Crippen MR) is 88.9 cm³/mol. The summed E-state index contributed by atoms with van der Waals surface area (Å²) in [5.74, 6) is 1.25. The largest absolute Gasteiger partial charge is 0.353 e. The van der Waals surface area contributed by atoms with Crippen molar-refractivity contribution >= 4 is 17.7 Å². The molecule has 2 rings (SSSR count). The first-order valence-electron chi connectivity index (χ1n) is 7.46. The lowest BCUT2D eigenvalue weighted by molar-refractivity contribution is -0.119. The van der Waals surface area contributed by atoms with E-state index in [0.717, 1.165) is 23.9 Å². The fourth-order valence-electron chi connectivity index (χ4n) is 1.96. The summed E-state index contributed by atoms with van der Waals surface area (Å²) in [6, 6.07) is 10.4. The number of aryl methyl sites for hydroxylation is 1. The number of carbonyl (C=O) groups excluding carboxylic acids is 1. The summed E-state index contributed by atoms with van der Waals surface area (Å²) in [5, 5.41) is 12.0. The van der Waals surface area contributed by atoms with Crippen LogP contribution in [0.3, 0.4) is 0 Å². The average Bonchev–Trinajstić information content (AvgIpc) is 2.87. The molecule has 0 fully saturated rings. The van der Waals surface area contributed by atoms with Crippen LogP contribution >= 0.6 is 11.8 Å². The zero-order valence-corrected chi connectivity index (χ0v) is 14.1. The van der Waals surface area contributed by atoms with Gasteiger partial charge in [0.15, 0.2) is 5.16 Å². The smallest absolute Gasteiger partial charge is 0.230 e. The molecule has 5 nitrogen and oxygen atoms in total. The highest BCUT2D eigenvalue weighted by Crippen LogP contribution is 2.18. The fourth-order valence-corrected chi connectivity index (χ4v) is 2.76. The van der Waals surface area contributed by atoms with Gasteiger partial charge in [-0.15, -0.1) is 10.2 Å². The van der Waals surface area contributed by atoms with Crippen LogP contribution < -0.4 is 5.32 Å². The molecule has 0 aliphatic rings. The zero-order chi connectivity index (χ0) is 15.9. The summed E-state index contributed by atoms with van der Waals surface area (Å²) < 4.78 is 2.04. The van der Waals surface area contributed by atoms with E-state index in [1.807, 2.05) is 36.6 Å². The Balaban J connectivity index is 1.99. The molecule has 22 heavy (non-hydrogen) atoms. The summed E-state index contributed by atoms with van der Waals surface area (Å²) in [6.07, 6.45) is 0.930. The maximum Gasteiger partial charge on any atom is 0.230 e. The number of thioether (sulfide) groups is 1. The van der Waals surface area contributed by atoms with Crippen molar-refractivity contribution in [1.82, 2.24) is 20.1 Å². The highest BCUT2D eigenvalue weighted by atomic mass is 32.2. The molecule has 1 aromatic carbocycles. The van der Waals surface area contributed by atoms with Gasteiger partial charge in [-0.25, -0.2) is 0 Å². The molecule has 1 aromatic heterocycles. The Morgan fingerprint density at radius 3 is 2.73 bits per heavy atom. The molecule has 2 aromatic rings. The van der Waals surface area contributed by atoms with E-state index in [4.69, 9.17) is 0 Å². The average molecular weight is 318 g/mol. The van der Waals surface area contributed by atoms with Gasteiger partial charge in [0.25, 0.3) is 0 Å². The van der Waals surface area contributed by atoms with Gasteiger partial charge in [-0.05, 0) is 25.8 Å². The van der Waals surface area contributed by atoms with E-state index in [-0.39, 0.29) is 11.9 Å². The van der Waals surface area contributed by atoms with Crippen LogP contribution in [-0.4, -0.2) is 32.5 Å². The number of carbonyl (C=O) groups is 1. The molecule has 1 unspecified atom stereocenters. The van der Waals surface area contributed by atoms with Gasteiger partial charge in [-0.3, -0.25) is 4.79 Å². The monoisotopic (exact) mass is 318 g/mol. The van der Waals surface area contributed by atoms with Gasteiger partial charge in [0, 0.05) is 6.04 Å². The number of nitrogens with one attached hydrogen (secondary N) is 1. The van der Waals surface area contributed by atoms with Gasteiger partial charge in [-0.1, -0.05) is 49.0 Å². The second-order valence-electron chi connectivity index (χ2n) is 5.27. The molecule has 6 heteroatoms. The van der Waals surface area contributed by atoms with Crippen LogP contribution in [0.25, 0.3) is 0 Å². The van der Waals surface area contributed by atoms with Crippen molar-refractivity contribution in [3.05, 3.63) is 41.7 Å². The minimum atomic E-state index is 0.0336. The molecule has 1 atom stereocenters. The van der Waals surface area contributed by atoms with Crippen molar-refractivity contribution in [3.8, 4) is 0 Å². The number of aromatic nitrogens is 3. The van der Waals surface area contributed by atoms with E-state index in [1.54, 1.807) is 0 Å². The Kier molecular flexibility index (Phi) is 6.00. The standard InChI is InChI=1S/C16H22N4OS/c1-4-12(2)17-15(21)11-22-16-19-18-13(3)20(16)10-14-8-6-5-7-9-14/h5-9,12H,4,10-11H2,1-3H3,(H,17,21). The van der Waals surface area contributed by atoms with Gasteiger partial charge in [0.05, 0.1) is 12.3 Å². The Hall–Kier alpha value is -1.82. The molecule has 1 amide bonds. The van der Waals surface area contributed by atoms with Crippen molar-refractivity contribution in [2.24, 2.45) is 0 Å². The van der Waals surface area contributed by atoms with Crippen LogP contribution in [0.15, 0.2) is 35.5 Å². The number of hydrogen-bond donors (Lipinski definition) is 1. The minimum Gasteiger partial charge on any atom is -0.353 e. The summed E-state index contributed by atoms with van der Waals surface area (Å²) in [5.41, 5.74) is 1.19. The molecular formula is C16H22N4OS. The Bertz CT molecular complexity index is 612. The second-order valence-corrected chi connectivity index (χ2v) is 6.21. The number of benzene rings is 1. The van der Waals surface area contributed by atoms with Gasteiger partial charge in [0.2, 0.25) is 5.91 Å². The maximum absolute atomic E-state index is 11.9. The van der Waals surface area contributed by atoms with Gasteiger partial charge in [0.1, 0.15) is 5.82 Å². The lowest BCUT2D eigenvalue weighted by atomic mass is 10.2. The van der Waals surface area contributed by atoms with Crippen LogP contribution in [-0.2, 0) is 11.3 Å². The van der Waals surface area contributed by atoms with E-state index in [0.29, 0.717) is 5.75 Å². The van der Waals surface area contributed by atoms with Crippen LogP contribution in [0.1, 0.15) is 31.7 Å². The number of rotatable bonds is 7. The van der Waals surface area contributed by atoms with Gasteiger partial charge < -0.3 is 9.88 Å². The highest BCUT2D eigenvalue weighted by molar-refractivity contribution is 7.99. The Morgan fingerprint density at radius 2 is 2.05 bits per heavy atom. The molecule has 1 N–H and O–H groups in total. The molecule has 0 spiro atoms. The summed E-state index contributed by atoms with van der Waals surface area (Å²) in [7, 11) is 0. The first kappa shape index (κ1) is 16.5. The lowest BCUT2D eigenvalue weighted by Crippen LogP contribution is -2.33. The van der Waals surface area contributed by atoms with Gasteiger partial charge >= 0.3 is 0 Å². The van der Waals surface area contributed by atoms with E-state index in [2.05, 4.69) is 34.6 Å². The van der Waals surface area contributed by atoms with Crippen LogP contribution in [0.4, 0.5) is 0 Å². The maximum atomic E-state index is 11.9. The van der Waals surface area contributed by atoms with E-state index >= 15 is 0 Å². The van der Waals surface area contributed by atoms with Crippen molar-refractivity contribution in [2.45, 2.75) is 44.9 Å². The molecule has 118 valence electrons. The van der Waals surface area contributed by atoms with Crippen LogP contribution in [0.5, 0.6) is 0 Å². The molecule has 1 heterocycles. The first-order valence-corrected chi connectivity index (χ1v) is 8.44. The summed E-state index contributed by atoms with van der Waals surface area (Å²) in [4.78, 5) is 11.9. The van der Waals surface area contributed by atoms with E-state index in [1.165, 1.54) is 17.3 Å². The number of nitrogens with zero attached hydrogens (tertiary/aromatic N) is 3. The Morgan fingerprint density at radius 1 is 1.32 bits per heavy atom. The highest BCUT2D eigenvalue weighted by Gasteiger charge is 2.13. The fraction of sp³-hybridized carbons (Fsp3) is 0.438. The molecular weight excluding hydrogens is 296 g/mol. The first-order chi connectivity index (χ1) is 10.6. The summed E-state index contributed by atoms with van der Waals surface area (Å²) >= 11 is 1.43. The molecule has 0 aliphatic heterocycles. The normalized spacial score (nSPS) is 12.1. The zero-order valence-electron chi connectivity index (χ0n) is 13.2.